The van der Waals surface area contributed by atoms with Crippen LogP contribution < -0.4 is 5.46 Å². The van der Waals surface area contributed by atoms with E-state index in [0.717, 1.165) is 11.3 Å². The Balaban J connectivity index is 2.36. The van der Waals surface area contributed by atoms with E-state index in [2.05, 4.69) is 5.10 Å². The maximum atomic E-state index is 8.94. The third-order valence-electron chi connectivity index (χ3n) is 2.33. The van der Waals surface area contributed by atoms with Crippen molar-refractivity contribution in [3.8, 4) is 11.3 Å². The van der Waals surface area contributed by atoms with Crippen LogP contribution in [0.5, 0.6) is 0 Å². The molecule has 0 unspecified atom stereocenters. The van der Waals surface area contributed by atoms with Crippen molar-refractivity contribution in [2.75, 3.05) is 0 Å². The lowest BCUT2D eigenvalue weighted by Gasteiger charge is -2.03. The van der Waals surface area contributed by atoms with Crippen LogP contribution in [-0.2, 0) is 7.05 Å². The molecular formula is C10H11BN2O2. The molecule has 2 N–H and O–H groups in total. The SMILES string of the molecule is Cn1nccc1-c1ccc(B(O)O)cc1. The predicted molar refractivity (Wildman–Crippen MR) is 58.5 cm³/mol. The van der Waals surface area contributed by atoms with Crippen LogP contribution in [0.3, 0.4) is 0 Å². The van der Waals surface area contributed by atoms with Crippen LogP contribution in [0.4, 0.5) is 0 Å². The highest BCUT2D eigenvalue weighted by molar-refractivity contribution is 6.58. The lowest BCUT2D eigenvalue weighted by molar-refractivity contribution is 0.426. The highest BCUT2D eigenvalue weighted by Crippen LogP contribution is 2.16. The highest BCUT2D eigenvalue weighted by atomic mass is 16.4. The standard InChI is InChI=1S/C10H11BN2O2/c1-13-10(6-7-12-13)8-2-4-9(5-3-8)11(14)15/h2-7,14-15H,1H3. The van der Waals surface area contributed by atoms with Crippen molar-refractivity contribution in [2.45, 2.75) is 0 Å². The van der Waals surface area contributed by atoms with Gasteiger partial charge >= 0.3 is 7.12 Å². The summed E-state index contributed by atoms with van der Waals surface area (Å²) in [6.45, 7) is 0. The molecule has 0 saturated carbocycles. The number of aromatic nitrogens is 2. The topological polar surface area (TPSA) is 58.3 Å². The van der Waals surface area contributed by atoms with Gasteiger partial charge in [0.2, 0.25) is 0 Å². The summed E-state index contributed by atoms with van der Waals surface area (Å²) in [5.41, 5.74) is 2.48. The Morgan fingerprint density at radius 2 is 1.80 bits per heavy atom. The van der Waals surface area contributed by atoms with Gasteiger partial charge in [0, 0.05) is 13.2 Å². The Kier molecular flexibility index (Phi) is 2.57. The Morgan fingerprint density at radius 1 is 1.13 bits per heavy atom. The number of rotatable bonds is 2. The minimum atomic E-state index is -1.41. The molecular weight excluding hydrogens is 191 g/mol. The second-order valence-electron chi connectivity index (χ2n) is 3.34. The van der Waals surface area contributed by atoms with Crippen LogP contribution in [0.2, 0.25) is 0 Å². The molecule has 0 aliphatic heterocycles. The van der Waals surface area contributed by atoms with E-state index in [9.17, 15) is 0 Å². The Labute approximate surface area is 87.9 Å². The van der Waals surface area contributed by atoms with Crippen LogP contribution in [0.25, 0.3) is 11.3 Å². The molecule has 1 aromatic carbocycles. The van der Waals surface area contributed by atoms with E-state index in [0.29, 0.717) is 5.46 Å². The molecule has 0 radical (unpaired) electrons. The summed E-state index contributed by atoms with van der Waals surface area (Å²) >= 11 is 0. The Morgan fingerprint density at radius 3 is 2.27 bits per heavy atom. The average Bonchev–Trinajstić information content (AvgIpc) is 2.65. The lowest BCUT2D eigenvalue weighted by Crippen LogP contribution is -2.29. The molecule has 0 amide bonds. The molecule has 0 bridgehead atoms. The van der Waals surface area contributed by atoms with Gasteiger partial charge in [0.25, 0.3) is 0 Å². The van der Waals surface area contributed by atoms with Gasteiger partial charge in [-0.25, -0.2) is 0 Å². The van der Waals surface area contributed by atoms with E-state index >= 15 is 0 Å². The highest BCUT2D eigenvalue weighted by Gasteiger charge is 2.10. The molecule has 76 valence electrons. The van der Waals surface area contributed by atoms with E-state index in [1.165, 1.54) is 0 Å². The van der Waals surface area contributed by atoms with Crippen molar-refractivity contribution in [1.29, 1.82) is 0 Å². The van der Waals surface area contributed by atoms with Crippen molar-refractivity contribution >= 4 is 12.6 Å². The fourth-order valence-corrected chi connectivity index (χ4v) is 1.48. The second-order valence-corrected chi connectivity index (χ2v) is 3.34. The minimum Gasteiger partial charge on any atom is -0.423 e. The molecule has 0 aliphatic carbocycles. The van der Waals surface area contributed by atoms with E-state index in [1.807, 2.05) is 25.2 Å². The maximum Gasteiger partial charge on any atom is 0.488 e. The summed E-state index contributed by atoms with van der Waals surface area (Å²) < 4.78 is 1.77. The summed E-state index contributed by atoms with van der Waals surface area (Å²) in [4.78, 5) is 0. The third kappa shape index (κ3) is 1.93. The zero-order valence-electron chi connectivity index (χ0n) is 8.33. The normalized spacial score (nSPS) is 10.3. The van der Waals surface area contributed by atoms with Crippen LogP contribution in [-0.4, -0.2) is 26.9 Å². The molecule has 15 heavy (non-hydrogen) atoms. The van der Waals surface area contributed by atoms with E-state index in [1.54, 1.807) is 23.0 Å². The maximum absolute atomic E-state index is 8.94. The van der Waals surface area contributed by atoms with Crippen molar-refractivity contribution in [2.24, 2.45) is 7.05 Å². The van der Waals surface area contributed by atoms with Gasteiger partial charge in [0.15, 0.2) is 0 Å². The van der Waals surface area contributed by atoms with Gasteiger partial charge in [-0.05, 0) is 17.1 Å². The van der Waals surface area contributed by atoms with Gasteiger partial charge in [0.05, 0.1) is 5.69 Å². The summed E-state index contributed by atoms with van der Waals surface area (Å²) in [5.74, 6) is 0. The first-order chi connectivity index (χ1) is 7.18. The zero-order valence-corrected chi connectivity index (χ0v) is 8.33. The molecule has 0 aliphatic rings. The quantitative estimate of drug-likeness (QED) is 0.661. The van der Waals surface area contributed by atoms with E-state index in [-0.39, 0.29) is 0 Å². The van der Waals surface area contributed by atoms with Gasteiger partial charge in [-0.2, -0.15) is 5.10 Å². The third-order valence-corrected chi connectivity index (χ3v) is 2.33. The smallest absolute Gasteiger partial charge is 0.423 e. The van der Waals surface area contributed by atoms with E-state index < -0.39 is 7.12 Å². The predicted octanol–water partition coefficient (Wildman–Crippen LogP) is -0.233. The van der Waals surface area contributed by atoms with Crippen molar-refractivity contribution in [3.05, 3.63) is 36.5 Å². The molecule has 0 atom stereocenters. The number of hydrogen-bond donors (Lipinski definition) is 2. The average molecular weight is 202 g/mol. The minimum absolute atomic E-state index is 0.487. The van der Waals surface area contributed by atoms with Crippen molar-refractivity contribution in [3.63, 3.8) is 0 Å². The van der Waals surface area contributed by atoms with Crippen molar-refractivity contribution in [1.82, 2.24) is 9.78 Å². The molecule has 2 aromatic rings. The fraction of sp³-hybridized carbons (Fsp3) is 0.100. The van der Waals surface area contributed by atoms with Crippen LogP contribution >= 0.6 is 0 Å². The molecule has 4 nitrogen and oxygen atoms in total. The molecule has 2 rings (SSSR count). The van der Waals surface area contributed by atoms with Gasteiger partial charge < -0.3 is 10.0 Å². The summed E-state index contributed by atoms with van der Waals surface area (Å²) in [5, 5.41) is 21.9. The second kappa shape index (κ2) is 3.88. The molecule has 0 saturated heterocycles. The molecule has 1 aromatic heterocycles. The number of benzene rings is 1. The first kappa shape index (κ1) is 9.95. The summed E-state index contributed by atoms with van der Waals surface area (Å²) in [6, 6.07) is 8.96. The van der Waals surface area contributed by atoms with Crippen molar-refractivity contribution < 1.29 is 10.0 Å². The van der Waals surface area contributed by atoms with Gasteiger partial charge in [0.1, 0.15) is 0 Å². The molecule has 5 heteroatoms. The largest absolute Gasteiger partial charge is 0.488 e. The molecule has 0 fully saturated rings. The number of aryl methyl sites for hydroxylation is 1. The van der Waals surface area contributed by atoms with Gasteiger partial charge in [-0.1, -0.05) is 24.3 Å². The zero-order chi connectivity index (χ0) is 10.8. The van der Waals surface area contributed by atoms with Gasteiger partial charge in [-0.15, -0.1) is 0 Å². The lowest BCUT2D eigenvalue weighted by atomic mass is 9.80. The van der Waals surface area contributed by atoms with E-state index in [4.69, 9.17) is 10.0 Å². The summed E-state index contributed by atoms with van der Waals surface area (Å²) in [7, 11) is 0.454. The number of nitrogens with zero attached hydrogens (tertiary/aromatic N) is 2. The van der Waals surface area contributed by atoms with Gasteiger partial charge in [-0.3, -0.25) is 4.68 Å². The Hall–Kier alpha value is -1.59. The first-order valence-corrected chi connectivity index (χ1v) is 4.63. The van der Waals surface area contributed by atoms with Crippen LogP contribution in [0, 0.1) is 0 Å². The summed E-state index contributed by atoms with van der Waals surface area (Å²) in [6.07, 6.45) is 1.73. The molecule has 0 spiro atoms. The fourth-order valence-electron chi connectivity index (χ4n) is 1.48. The molecule has 1 heterocycles. The number of hydrogen-bond acceptors (Lipinski definition) is 3. The first-order valence-electron chi connectivity index (χ1n) is 4.63. The monoisotopic (exact) mass is 202 g/mol. The Bertz CT molecular complexity index is 451. The van der Waals surface area contributed by atoms with Crippen LogP contribution in [0.1, 0.15) is 0 Å². The van der Waals surface area contributed by atoms with Crippen LogP contribution in [0.15, 0.2) is 36.5 Å².